The van der Waals surface area contributed by atoms with Crippen LogP contribution in [0.2, 0.25) is 0 Å². The highest BCUT2D eigenvalue weighted by atomic mass is 16.1. The Balaban J connectivity index is 1.87. The zero-order valence-corrected chi connectivity index (χ0v) is 10.9. The van der Waals surface area contributed by atoms with Crippen molar-refractivity contribution in [1.29, 1.82) is 0 Å². The molecule has 0 atom stereocenters. The number of aryl methyl sites for hydroxylation is 1. The van der Waals surface area contributed by atoms with Gasteiger partial charge in [0.1, 0.15) is 11.5 Å². The fraction of sp³-hybridized carbons (Fsp3) is 0.200. The molecule has 0 aliphatic rings. The third-order valence-corrected chi connectivity index (χ3v) is 2.78. The van der Waals surface area contributed by atoms with Crippen molar-refractivity contribution in [2.75, 3.05) is 12.3 Å². The molecule has 0 bridgehead atoms. The molecule has 1 aromatic heterocycles. The molecule has 0 aliphatic heterocycles. The maximum absolute atomic E-state index is 11.8. The fourth-order valence-corrected chi connectivity index (χ4v) is 1.86. The zero-order valence-electron chi connectivity index (χ0n) is 10.9. The first-order valence-electron chi connectivity index (χ1n) is 6.21. The van der Waals surface area contributed by atoms with Crippen LogP contribution in [-0.2, 0) is 6.42 Å². The molecule has 1 heterocycles. The van der Waals surface area contributed by atoms with Gasteiger partial charge in [0.25, 0.3) is 5.91 Å². The van der Waals surface area contributed by atoms with E-state index in [0.717, 1.165) is 6.42 Å². The monoisotopic (exact) mass is 255 g/mol. The van der Waals surface area contributed by atoms with Crippen LogP contribution < -0.4 is 11.1 Å². The standard InChI is InChI=1S/C15H17N3O/c1-11-4-2-5-12(10-11)8-9-17-15(19)13-6-3-7-14(16)18-13/h2-7,10H,8-9H2,1H3,(H2,16,18)(H,17,19). The molecule has 2 rings (SSSR count). The Labute approximate surface area is 112 Å². The van der Waals surface area contributed by atoms with Crippen molar-refractivity contribution in [2.45, 2.75) is 13.3 Å². The van der Waals surface area contributed by atoms with Crippen molar-refractivity contribution < 1.29 is 4.79 Å². The van der Waals surface area contributed by atoms with Gasteiger partial charge in [-0.3, -0.25) is 4.79 Å². The highest BCUT2D eigenvalue weighted by Gasteiger charge is 2.06. The molecule has 2 aromatic rings. The van der Waals surface area contributed by atoms with Gasteiger partial charge in [-0.2, -0.15) is 0 Å². The van der Waals surface area contributed by atoms with Crippen molar-refractivity contribution in [3.63, 3.8) is 0 Å². The number of nitrogen functional groups attached to an aromatic ring is 1. The summed E-state index contributed by atoms with van der Waals surface area (Å²) in [4.78, 5) is 15.8. The van der Waals surface area contributed by atoms with Crippen LogP contribution in [0.4, 0.5) is 5.82 Å². The van der Waals surface area contributed by atoms with E-state index >= 15 is 0 Å². The van der Waals surface area contributed by atoms with Crippen molar-refractivity contribution in [3.05, 3.63) is 59.3 Å². The van der Waals surface area contributed by atoms with Gasteiger partial charge in [-0.1, -0.05) is 35.9 Å². The lowest BCUT2D eigenvalue weighted by atomic mass is 10.1. The van der Waals surface area contributed by atoms with Gasteiger partial charge in [0.15, 0.2) is 0 Å². The van der Waals surface area contributed by atoms with E-state index in [0.29, 0.717) is 18.1 Å². The summed E-state index contributed by atoms with van der Waals surface area (Å²) < 4.78 is 0. The third kappa shape index (κ3) is 3.81. The second-order valence-corrected chi connectivity index (χ2v) is 4.44. The summed E-state index contributed by atoms with van der Waals surface area (Å²) in [5.74, 6) is 0.159. The van der Waals surface area contributed by atoms with Crippen LogP contribution in [-0.4, -0.2) is 17.4 Å². The Kier molecular flexibility index (Phi) is 4.13. The molecule has 0 saturated heterocycles. The van der Waals surface area contributed by atoms with Gasteiger partial charge in [0, 0.05) is 6.54 Å². The summed E-state index contributed by atoms with van der Waals surface area (Å²) in [6, 6.07) is 13.3. The molecule has 1 aromatic carbocycles. The summed E-state index contributed by atoms with van der Waals surface area (Å²) in [5, 5.41) is 2.84. The maximum Gasteiger partial charge on any atom is 0.269 e. The van der Waals surface area contributed by atoms with E-state index in [4.69, 9.17) is 5.73 Å². The molecule has 0 aliphatic carbocycles. The number of hydrogen-bond acceptors (Lipinski definition) is 3. The number of aromatic nitrogens is 1. The summed E-state index contributed by atoms with van der Waals surface area (Å²) in [6.45, 7) is 2.64. The number of pyridine rings is 1. The van der Waals surface area contributed by atoms with Crippen LogP contribution in [0.1, 0.15) is 21.6 Å². The van der Waals surface area contributed by atoms with Crippen molar-refractivity contribution >= 4 is 11.7 Å². The molecule has 0 saturated carbocycles. The van der Waals surface area contributed by atoms with E-state index < -0.39 is 0 Å². The van der Waals surface area contributed by atoms with E-state index in [9.17, 15) is 4.79 Å². The number of nitrogens with zero attached hydrogens (tertiary/aromatic N) is 1. The van der Waals surface area contributed by atoms with Crippen molar-refractivity contribution in [1.82, 2.24) is 10.3 Å². The van der Waals surface area contributed by atoms with Gasteiger partial charge >= 0.3 is 0 Å². The largest absolute Gasteiger partial charge is 0.384 e. The number of benzene rings is 1. The highest BCUT2D eigenvalue weighted by Crippen LogP contribution is 2.04. The van der Waals surface area contributed by atoms with Crippen LogP contribution in [0.5, 0.6) is 0 Å². The number of carbonyl (C=O) groups excluding carboxylic acids is 1. The van der Waals surface area contributed by atoms with Gasteiger partial charge < -0.3 is 11.1 Å². The van der Waals surface area contributed by atoms with Gasteiger partial charge in [-0.05, 0) is 31.0 Å². The summed E-state index contributed by atoms with van der Waals surface area (Å²) in [5.41, 5.74) is 8.33. The molecular formula is C15H17N3O. The lowest BCUT2D eigenvalue weighted by molar-refractivity contribution is 0.0949. The SMILES string of the molecule is Cc1cccc(CCNC(=O)c2cccc(N)n2)c1. The lowest BCUT2D eigenvalue weighted by Crippen LogP contribution is -2.26. The number of carbonyl (C=O) groups is 1. The minimum atomic E-state index is -0.194. The van der Waals surface area contributed by atoms with Gasteiger partial charge in [-0.15, -0.1) is 0 Å². The molecule has 98 valence electrons. The molecule has 0 spiro atoms. The lowest BCUT2D eigenvalue weighted by Gasteiger charge is -2.06. The Hall–Kier alpha value is -2.36. The summed E-state index contributed by atoms with van der Waals surface area (Å²) in [7, 11) is 0. The predicted molar refractivity (Wildman–Crippen MR) is 75.9 cm³/mol. The minimum absolute atomic E-state index is 0.194. The Bertz CT molecular complexity index is 581. The fourth-order valence-electron chi connectivity index (χ4n) is 1.86. The number of hydrogen-bond donors (Lipinski definition) is 2. The van der Waals surface area contributed by atoms with E-state index in [2.05, 4.69) is 35.4 Å². The average molecular weight is 255 g/mol. The van der Waals surface area contributed by atoms with Crippen molar-refractivity contribution in [3.8, 4) is 0 Å². The topological polar surface area (TPSA) is 68.0 Å². The first kappa shape index (κ1) is 13.1. The number of anilines is 1. The number of amides is 1. The minimum Gasteiger partial charge on any atom is -0.384 e. The van der Waals surface area contributed by atoms with Crippen LogP contribution in [0.15, 0.2) is 42.5 Å². The molecule has 0 radical (unpaired) electrons. The number of nitrogens with one attached hydrogen (secondary N) is 1. The first-order valence-corrected chi connectivity index (χ1v) is 6.21. The molecule has 0 fully saturated rings. The van der Waals surface area contributed by atoms with E-state index in [-0.39, 0.29) is 5.91 Å². The van der Waals surface area contributed by atoms with Crippen LogP contribution in [0.25, 0.3) is 0 Å². The average Bonchev–Trinajstić information content (AvgIpc) is 2.38. The number of rotatable bonds is 4. The zero-order chi connectivity index (χ0) is 13.7. The second-order valence-electron chi connectivity index (χ2n) is 4.44. The molecular weight excluding hydrogens is 238 g/mol. The summed E-state index contributed by atoms with van der Waals surface area (Å²) in [6.07, 6.45) is 0.801. The van der Waals surface area contributed by atoms with E-state index in [1.165, 1.54) is 11.1 Å². The quantitative estimate of drug-likeness (QED) is 0.877. The molecule has 3 N–H and O–H groups in total. The van der Waals surface area contributed by atoms with E-state index in [1.807, 2.05) is 6.07 Å². The molecule has 19 heavy (non-hydrogen) atoms. The van der Waals surface area contributed by atoms with Gasteiger partial charge in [-0.25, -0.2) is 4.98 Å². The molecule has 4 nitrogen and oxygen atoms in total. The normalized spacial score (nSPS) is 10.2. The second kappa shape index (κ2) is 6.00. The number of nitrogens with two attached hydrogens (primary N) is 1. The van der Waals surface area contributed by atoms with Gasteiger partial charge in [0.2, 0.25) is 0 Å². The third-order valence-electron chi connectivity index (χ3n) is 2.78. The molecule has 4 heteroatoms. The Morgan fingerprint density at radius 1 is 1.26 bits per heavy atom. The Morgan fingerprint density at radius 3 is 2.79 bits per heavy atom. The smallest absolute Gasteiger partial charge is 0.269 e. The highest BCUT2D eigenvalue weighted by molar-refractivity contribution is 5.92. The van der Waals surface area contributed by atoms with Crippen LogP contribution >= 0.6 is 0 Å². The Morgan fingerprint density at radius 2 is 2.05 bits per heavy atom. The van der Waals surface area contributed by atoms with Gasteiger partial charge in [0.05, 0.1) is 0 Å². The molecule has 1 amide bonds. The first-order chi connectivity index (χ1) is 9.15. The molecule has 0 unspecified atom stereocenters. The maximum atomic E-state index is 11.8. The predicted octanol–water partition coefficient (Wildman–Crippen LogP) is 1.94. The van der Waals surface area contributed by atoms with Crippen LogP contribution in [0.3, 0.4) is 0 Å². The summed E-state index contributed by atoms with van der Waals surface area (Å²) >= 11 is 0. The van der Waals surface area contributed by atoms with Crippen molar-refractivity contribution in [2.24, 2.45) is 0 Å². The van der Waals surface area contributed by atoms with Crippen LogP contribution in [0, 0.1) is 6.92 Å². The van der Waals surface area contributed by atoms with E-state index in [1.54, 1.807) is 18.2 Å².